The number of nitrogens with zero attached hydrogens (tertiary/aromatic N) is 3. The van der Waals surface area contributed by atoms with Gasteiger partial charge in [-0.25, -0.2) is 0 Å². The molecule has 0 spiro atoms. The Morgan fingerprint density at radius 2 is 1.82 bits per heavy atom. The van der Waals surface area contributed by atoms with Gasteiger partial charge in [0.2, 0.25) is 5.91 Å². The third-order valence-corrected chi connectivity index (χ3v) is 2.69. The summed E-state index contributed by atoms with van der Waals surface area (Å²) in [5.41, 5.74) is 0. The van der Waals surface area contributed by atoms with Gasteiger partial charge in [-0.15, -0.1) is 0 Å². The Hall–Kier alpha value is -1.59. The van der Waals surface area contributed by atoms with Crippen molar-refractivity contribution in [1.29, 1.82) is 10.5 Å². The molecular formula is C12H18N4O. The SMILES string of the molecule is N#CCCN(CCC#N)C(=O)CCNC1CC1. The fourth-order valence-electron chi connectivity index (χ4n) is 1.56. The van der Waals surface area contributed by atoms with Crippen molar-refractivity contribution in [1.82, 2.24) is 10.2 Å². The largest absolute Gasteiger partial charge is 0.341 e. The first-order chi connectivity index (χ1) is 8.27. The molecule has 0 aromatic carbocycles. The summed E-state index contributed by atoms with van der Waals surface area (Å²) in [6, 6.07) is 4.65. The van der Waals surface area contributed by atoms with Gasteiger partial charge in [0.1, 0.15) is 0 Å². The van der Waals surface area contributed by atoms with Gasteiger partial charge in [0, 0.05) is 32.1 Å². The molecule has 0 aliphatic heterocycles. The quantitative estimate of drug-likeness (QED) is 0.673. The number of nitrogens with one attached hydrogen (secondary N) is 1. The second-order valence-corrected chi connectivity index (χ2v) is 4.18. The number of carbonyl (C=O) groups is 1. The lowest BCUT2D eigenvalue weighted by Gasteiger charge is -2.20. The molecule has 1 aliphatic carbocycles. The van der Waals surface area contributed by atoms with Crippen LogP contribution in [0.3, 0.4) is 0 Å². The maximum absolute atomic E-state index is 11.8. The molecule has 17 heavy (non-hydrogen) atoms. The van der Waals surface area contributed by atoms with Gasteiger partial charge in [0.05, 0.1) is 25.0 Å². The minimum absolute atomic E-state index is 0.0312. The second-order valence-electron chi connectivity index (χ2n) is 4.18. The molecule has 5 heteroatoms. The van der Waals surface area contributed by atoms with Crippen LogP contribution in [0, 0.1) is 22.7 Å². The predicted molar refractivity (Wildman–Crippen MR) is 62.7 cm³/mol. The van der Waals surface area contributed by atoms with Crippen molar-refractivity contribution < 1.29 is 4.79 Å². The first-order valence-corrected chi connectivity index (χ1v) is 6.03. The Balaban J connectivity index is 2.24. The van der Waals surface area contributed by atoms with E-state index >= 15 is 0 Å². The first-order valence-electron chi connectivity index (χ1n) is 6.03. The molecular weight excluding hydrogens is 216 g/mol. The predicted octanol–water partition coefficient (Wildman–Crippen LogP) is 0.784. The van der Waals surface area contributed by atoms with Crippen LogP contribution in [0.5, 0.6) is 0 Å². The summed E-state index contributed by atoms with van der Waals surface area (Å²) in [4.78, 5) is 13.4. The lowest BCUT2D eigenvalue weighted by atomic mass is 10.3. The monoisotopic (exact) mass is 234 g/mol. The Morgan fingerprint density at radius 3 is 2.29 bits per heavy atom. The van der Waals surface area contributed by atoms with Crippen LogP contribution in [0.1, 0.15) is 32.1 Å². The first kappa shape index (κ1) is 13.5. The minimum atomic E-state index is 0.0312. The molecule has 0 radical (unpaired) electrons. The van der Waals surface area contributed by atoms with Gasteiger partial charge in [0.25, 0.3) is 0 Å². The van der Waals surface area contributed by atoms with Crippen molar-refractivity contribution in [3.8, 4) is 12.1 Å². The molecule has 1 fully saturated rings. The maximum atomic E-state index is 11.8. The molecule has 0 heterocycles. The van der Waals surface area contributed by atoms with Crippen LogP contribution in [0.2, 0.25) is 0 Å². The highest BCUT2D eigenvalue weighted by molar-refractivity contribution is 5.76. The summed E-state index contributed by atoms with van der Waals surface area (Å²) in [7, 11) is 0. The summed E-state index contributed by atoms with van der Waals surface area (Å²) >= 11 is 0. The smallest absolute Gasteiger partial charge is 0.223 e. The number of amides is 1. The van der Waals surface area contributed by atoms with E-state index in [1.54, 1.807) is 4.90 Å². The highest BCUT2D eigenvalue weighted by Crippen LogP contribution is 2.18. The van der Waals surface area contributed by atoms with E-state index < -0.39 is 0 Å². The molecule has 1 saturated carbocycles. The van der Waals surface area contributed by atoms with Crippen LogP contribution in [0.15, 0.2) is 0 Å². The normalized spacial score (nSPS) is 13.8. The molecule has 0 unspecified atom stereocenters. The van der Waals surface area contributed by atoms with Crippen molar-refractivity contribution in [2.45, 2.75) is 38.1 Å². The van der Waals surface area contributed by atoms with Crippen LogP contribution in [0.4, 0.5) is 0 Å². The van der Waals surface area contributed by atoms with Gasteiger partial charge in [-0.1, -0.05) is 0 Å². The third-order valence-electron chi connectivity index (χ3n) is 2.69. The van der Waals surface area contributed by atoms with E-state index in [1.807, 2.05) is 12.1 Å². The van der Waals surface area contributed by atoms with Gasteiger partial charge in [-0.3, -0.25) is 4.79 Å². The fourth-order valence-corrected chi connectivity index (χ4v) is 1.56. The summed E-state index contributed by atoms with van der Waals surface area (Å²) in [5.74, 6) is 0.0312. The van der Waals surface area contributed by atoms with Crippen LogP contribution in [-0.2, 0) is 4.79 Å². The number of hydrogen-bond donors (Lipinski definition) is 1. The fraction of sp³-hybridized carbons (Fsp3) is 0.750. The van der Waals surface area contributed by atoms with Crippen LogP contribution in [-0.4, -0.2) is 36.5 Å². The summed E-state index contributed by atoms with van der Waals surface area (Å²) in [6.45, 7) is 1.56. The second kappa shape index (κ2) is 7.65. The zero-order valence-electron chi connectivity index (χ0n) is 9.98. The topological polar surface area (TPSA) is 79.9 Å². The van der Waals surface area contributed by atoms with E-state index in [1.165, 1.54) is 12.8 Å². The molecule has 5 nitrogen and oxygen atoms in total. The van der Waals surface area contributed by atoms with Gasteiger partial charge in [-0.05, 0) is 12.8 Å². The van der Waals surface area contributed by atoms with Crippen molar-refractivity contribution >= 4 is 5.91 Å². The van der Waals surface area contributed by atoms with Crippen molar-refractivity contribution in [2.75, 3.05) is 19.6 Å². The summed E-state index contributed by atoms with van der Waals surface area (Å²) in [5, 5.41) is 20.3. The maximum Gasteiger partial charge on any atom is 0.223 e. The zero-order chi connectivity index (χ0) is 12.5. The minimum Gasteiger partial charge on any atom is -0.341 e. The van der Waals surface area contributed by atoms with Crippen LogP contribution >= 0.6 is 0 Å². The molecule has 1 N–H and O–H groups in total. The standard InChI is InChI=1S/C12H18N4O/c13-6-1-9-16(10-2-7-14)12(17)5-8-15-11-3-4-11/h11,15H,1-5,8-10H2. The highest BCUT2D eigenvalue weighted by atomic mass is 16.2. The average molecular weight is 234 g/mol. The highest BCUT2D eigenvalue weighted by Gasteiger charge is 2.20. The van der Waals surface area contributed by atoms with Crippen molar-refractivity contribution in [3.05, 3.63) is 0 Å². The number of rotatable bonds is 8. The number of hydrogen-bond acceptors (Lipinski definition) is 4. The van der Waals surface area contributed by atoms with E-state index in [0.717, 1.165) is 0 Å². The Labute approximate surface area is 102 Å². The lowest BCUT2D eigenvalue weighted by molar-refractivity contribution is -0.131. The van der Waals surface area contributed by atoms with Gasteiger partial charge >= 0.3 is 0 Å². The Bertz CT molecular complexity index is 306. The lowest BCUT2D eigenvalue weighted by Crippen LogP contribution is -2.35. The molecule has 0 saturated heterocycles. The molecule has 0 atom stereocenters. The Kier molecular flexibility index (Phi) is 6.06. The van der Waals surface area contributed by atoms with Gasteiger partial charge in [0.15, 0.2) is 0 Å². The van der Waals surface area contributed by atoms with Crippen LogP contribution < -0.4 is 5.32 Å². The van der Waals surface area contributed by atoms with E-state index in [-0.39, 0.29) is 5.91 Å². The van der Waals surface area contributed by atoms with Crippen molar-refractivity contribution in [2.24, 2.45) is 0 Å². The molecule has 0 aromatic heterocycles. The van der Waals surface area contributed by atoms with Crippen molar-refractivity contribution in [3.63, 3.8) is 0 Å². The molecule has 1 amide bonds. The van der Waals surface area contributed by atoms with E-state index in [0.29, 0.717) is 44.9 Å². The van der Waals surface area contributed by atoms with E-state index in [4.69, 9.17) is 10.5 Å². The van der Waals surface area contributed by atoms with Crippen LogP contribution in [0.25, 0.3) is 0 Å². The zero-order valence-corrected chi connectivity index (χ0v) is 9.98. The third kappa shape index (κ3) is 5.89. The molecule has 0 bridgehead atoms. The van der Waals surface area contributed by atoms with E-state index in [2.05, 4.69) is 5.32 Å². The van der Waals surface area contributed by atoms with Gasteiger partial charge in [-0.2, -0.15) is 10.5 Å². The molecule has 1 aliphatic rings. The van der Waals surface area contributed by atoms with Gasteiger partial charge < -0.3 is 10.2 Å². The Morgan fingerprint density at radius 1 is 1.24 bits per heavy atom. The average Bonchev–Trinajstić information content (AvgIpc) is 3.13. The molecule has 92 valence electrons. The number of carbonyl (C=O) groups excluding carboxylic acids is 1. The molecule has 1 rings (SSSR count). The summed E-state index contributed by atoms with van der Waals surface area (Å²) < 4.78 is 0. The summed E-state index contributed by atoms with van der Waals surface area (Å²) in [6.07, 6.45) is 3.52. The molecule has 0 aromatic rings. The van der Waals surface area contributed by atoms with E-state index in [9.17, 15) is 4.79 Å². The number of nitriles is 2.